The van der Waals surface area contributed by atoms with Gasteiger partial charge in [0.1, 0.15) is 0 Å². The Labute approximate surface area is 118 Å². The molecule has 106 valence electrons. The van der Waals surface area contributed by atoms with Gasteiger partial charge in [-0.25, -0.2) is 18.4 Å². The molecule has 3 rings (SSSR count). The second kappa shape index (κ2) is 5.23. The molecule has 0 fully saturated rings. The van der Waals surface area contributed by atoms with Crippen molar-refractivity contribution in [1.29, 1.82) is 0 Å². The van der Waals surface area contributed by atoms with Crippen LogP contribution in [-0.4, -0.2) is 34.0 Å². The Balaban J connectivity index is 2.18. The van der Waals surface area contributed by atoms with Crippen LogP contribution in [0.1, 0.15) is 0 Å². The van der Waals surface area contributed by atoms with Gasteiger partial charge in [0.2, 0.25) is 0 Å². The molecule has 0 atom stereocenters. The van der Waals surface area contributed by atoms with Gasteiger partial charge in [0.05, 0.1) is 11.9 Å². The first-order chi connectivity index (χ1) is 10.1. The molecule has 0 saturated heterocycles. The molecule has 0 spiro atoms. The van der Waals surface area contributed by atoms with Gasteiger partial charge < -0.3 is 9.68 Å². The molecular formula is C13H10BF2N3O2. The van der Waals surface area contributed by atoms with Gasteiger partial charge >= 0.3 is 7.12 Å². The van der Waals surface area contributed by atoms with Gasteiger partial charge in [0.25, 0.3) is 0 Å². The number of halogens is 2. The lowest BCUT2D eigenvalue weighted by Crippen LogP contribution is -2.32. The number of hydrogen-bond acceptors (Lipinski definition) is 4. The predicted octanol–water partition coefficient (Wildman–Crippen LogP) is 1.03. The van der Waals surface area contributed by atoms with E-state index in [2.05, 4.69) is 10.1 Å². The van der Waals surface area contributed by atoms with Crippen LogP contribution < -0.4 is 5.46 Å². The van der Waals surface area contributed by atoms with E-state index < -0.39 is 18.8 Å². The highest BCUT2D eigenvalue weighted by molar-refractivity contribution is 6.63. The van der Waals surface area contributed by atoms with E-state index in [9.17, 15) is 13.8 Å². The van der Waals surface area contributed by atoms with Crippen molar-refractivity contribution in [2.45, 2.75) is 0 Å². The topological polar surface area (TPSA) is 60.2 Å². The molecule has 0 unspecified atom stereocenters. The standard InChI is InChI=1S/C13H10BF2N3O2/c1-21-14(20)10-4-5-17-13-9(10)7-18-19(13)8-2-3-11(15)12(16)6-8/h2-7,20H,1H3. The van der Waals surface area contributed by atoms with Crippen molar-refractivity contribution in [1.82, 2.24) is 14.8 Å². The van der Waals surface area contributed by atoms with Crippen molar-refractivity contribution in [3.05, 3.63) is 48.3 Å². The van der Waals surface area contributed by atoms with Crippen LogP contribution in [0.3, 0.4) is 0 Å². The molecule has 3 aromatic rings. The van der Waals surface area contributed by atoms with Crippen molar-refractivity contribution in [2.75, 3.05) is 7.11 Å². The molecule has 21 heavy (non-hydrogen) atoms. The maximum absolute atomic E-state index is 13.3. The van der Waals surface area contributed by atoms with E-state index in [4.69, 9.17) is 4.65 Å². The number of rotatable bonds is 3. The van der Waals surface area contributed by atoms with Gasteiger partial charge in [-0.3, -0.25) is 0 Å². The Morgan fingerprint density at radius 3 is 2.76 bits per heavy atom. The fourth-order valence-corrected chi connectivity index (χ4v) is 2.10. The van der Waals surface area contributed by atoms with Crippen molar-refractivity contribution in [3.8, 4) is 5.69 Å². The lowest BCUT2D eigenvalue weighted by atomic mass is 9.78. The monoisotopic (exact) mass is 289 g/mol. The van der Waals surface area contributed by atoms with E-state index in [1.54, 1.807) is 6.07 Å². The van der Waals surface area contributed by atoms with Crippen molar-refractivity contribution < 1.29 is 18.5 Å². The Hall–Kier alpha value is -2.32. The smallest absolute Gasteiger partial charge is 0.423 e. The minimum Gasteiger partial charge on any atom is -0.423 e. The highest BCUT2D eigenvalue weighted by Gasteiger charge is 2.20. The van der Waals surface area contributed by atoms with E-state index in [0.29, 0.717) is 22.2 Å². The summed E-state index contributed by atoms with van der Waals surface area (Å²) in [6.45, 7) is 0. The maximum Gasteiger partial charge on any atom is 0.491 e. The zero-order valence-corrected chi connectivity index (χ0v) is 11.0. The first-order valence-electron chi connectivity index (χ1n) is 6.10. The molecular weight excluding hydrogens is 279 g/mol. The van der Waals surface area contributed by atoms with Gasteiger partial charge in [-0.15, -0.1) is 0 Å². The summed E-state index contributed by atoms with van der Waals surface area (Å²) in [6.07, 6.45) is 2.97. The predicted molar refractivity (Wildman–Crippen MR) is 73.4 cm³/mol. The highest BCUT2D eigenvalue weighted by Crippen LogP contribution is 2.17. The van der Waals surface area contributed by atoms with Gasteiger partial charge in [-0.2, -0.15) is 5.10 Å². The molecule has 1 N–H and O–H groups in total. The molecule has 0 aliphatic rings. The average Bonchev–Trinajstić information content (AvgIpc) is 2.93. The Morgan fingerprint density at radius 1 is 1.24 bits per heavy atom. The van der Waals surface area contributed by atoms with Crippen LogP contribution in [0.15, 0.2) is 36.7 Å². The van der Waals surface area contributed by atoms with E-state index >= 15 is 0 Å². The molecule has 8 heteroatoms. The van der Waals surface area contributed by atoms with Crippen LogP contribution in [0.5, 0.6) is 0 Å². The third kappa shape index (κ3) is 2.28. The summed E-state index contributed by atoms with van der Waals surface area (Å²) >= 11 is 0. The first-order valence-corrected chi connectivity index (χ1v) is 6.10. The van der Waals surface area contributed by atoms with Crippen molar-refractivity contribution in [2.24, 2.45) is 0 Å². The molecule has 0 amide bonds. The normalized spacial score (nSPS) is 11.0. The summed E-state index contributed by atoms with van der Waals surface area (Å²) < 4.78 is 32.6. The maximum atomic E-state index is 13.3. The molecule has 0 aliphatic heterocycles. The zero-order valence-electron chi connectivity index (χ0n) is 11.0. The summed E-state index contributed by atoms with van der Waals surface area (Å²) in [4.78, 5) is 4.16. The Kier molecular flexibility index (Phi) is 3.40. The summed E-state index contributed by atoms with van der Waals surface area (Å²) in [7, 11) is 0.259. The van der Waals surface area contributed by atoms with Crippen LogP contribution >= 0.6 is 0 Å². The minimum atomic E-state index is -1.11. The van der Waals surface area contributed by atoms with Gasteiger partial charge in [0.15, 0.2) is 17.3 Å². The third-order valence-electron chi connectivity index (χ3n) is 3.14. The van der Waals surface area contributed by atoms with E-state index in [-0.39, 0.29) is 0 Å². The second-order valence-electron chi connectivity index (χ2n) is 4.38. The molecule has 0 radical (unpaired) electrons. The molecule has 5 nitrogen and oxygen atoms in total. The lowest BCUT2D eigenvalue weighted by Gasteiger charge is -2.06. The fraction of sp³-hybridized carbons (Fsp3) is 0.0769. The SMILES string of the molecule is COB(O)c1ccnc2c1cnn2-c1ccc(F)c(F)c1. The minimum absolute atomic E-state index is 0.334. The summed E-state index contributed by atoms with van der Waals surface area (Å²) in [5.74, 6) is -1.90. The highest BCUT2D eigenvalue weighted by atomic mass is 19.2. The summed E-state index contributed by atoms with van der Waals surface area (Å²) in [5.41, 5.74) is 1.24. The van der Waals surface area contributed by atoms with E-state index in [1.165, 1.54) is 30.3 Å². The number of aromatic nitrogens is 3. The molecule has 2 aromatic heterocycles. The number of hydrogen-bond donors (Lipinski definition) is 1. The zero-order chi connectivity index (χ0) is 15.0. The van der Waals surface area contributed by atoms with Gasteiger partial charge in [-0.1, -0.05) is 0 Å². The van der Waals surface area contributed by atoms with E-state index in [0.717, 1.165) is 12.1 Å². The first kappa shape index (κ1) is 13.7. The van der Waals surface area contributed by atoms with E-state index in [1.807, 2.05) is 0 Å². The lowest BCUT2D eigenvalue weighted by molar-refractivity contribution is 0.342. The quantitative estimate of drug-likeness (QED) is 0.732. The molecule has 0 bridgehead atoms. The fourth-order valence-electron chi connectivity index (χ4n) is 2.10. The Morgan fingerprint density at radius 2 is 2.05 bits per heavy atom. The van der Waals surface area contributed by atoms with Crippen molar-refractivity contribution >= 4 is 23.6 Å². The number of fused-ring (bicyclic) bond motifs is 1. The number of benzene rings is 1. The third-order valence-corrected chi connectivity index (χ3v) is 3.14. The van der Waals surface area contributed by atoms with Crippen molar-refractivity contribution in [3.63, 3.8) is 0 Å². The van der Waals surface area contributed by atoms with Gasteiger partial charge in [-0.05, 0) is 23.7 Å². The number of pyridine rings is 1. The van der Waals surface area contributed by atoms with Crippen LogP contribution in [0, 0.1) is 11.6 Å². The average molecular weight is 289 g/mol. The molecule has 0 saturated carbocycles. The summed E-state index contributed by atoms with van der Waals surface area (Å²) in [5, 5.41) is 14.5. The Bertz CT molecular complexity index is 809. The van der Waals surface area contributed by atoms with Crippen LogP contribution in [0.25, 0.3) is 16.7 Å². The molecule has 1 aromatic carbocycles. The molecule has 2 heterocycles. The van der Waals surface area contributed by atoms with Crippen LogP contribution in [0.2, 0.25) is 0 Å². The second-order valence-corrected chi connectivity index (χ2v) is 4.38. The van der Waals surface area contributed by atoms with Gasteiger partial charge in [0, 0.05) is 24.8 Å². The van der Waals surface area contributed by atoms with Crippen LogP contribution in [0.4, 0.5) is 8.78 Å². The summed E-state index contributed by atoms with van der Waals surface area (Å²) in [6, 6.07) is 5.05. The van der Waals surface area contributed by atoms with Crippen LogP contribution in [-0.2, 0) is 4.65 Å². The number of nitrogens with zero attached hydrogens (tertiary/aromatic N) is 3. The molecule has 0 aliphatic carbocycles. The largest absolute Gasteiger partial charge is 0.491 e.